The molecule has 2 nitrogen and oxygen atoms in total. The van der Waals surface area contributed by atoms with Crippen molar-refractivity contribution in [3.63, 3.8) is 0 Å². The molecule has 82 valence electrons. The van der Waals surface area contributed by atoms with Crippen LogP contribution in [0.15, 0.2) is 30.5 Å². The summed E-state index contributed by atoms with van der Waals surface area (Å²) >= 11 is 5.87. The van der Waals surface area contributed by atoms with Crippen molar-refractivity contribution in [3.05, 3.63) is 46.7 Å². The third-order valence-electron chi connectivity index (χ3n) is 3.08. The van der Waals surface area contributed by atoms with Crippen LogP contribution in [0.3, 0.4) is 0 Å². The second-order valence-corrected chi connectivity index (χ2v) is 4.67. The summed E-state index contributed by atoms with van der Waals surface area (Å²) in [7, 11) is 0. The van der Waals surface area contributed by atoms with Gasteiger partial charge in [-0.1, -0.05) is 11.6 Å². The van der Waals surface area contributed by atoms with Crippen molar-refractivity contribution in [2.45, 2.75) is 25.7 Å². The van der Waals surface area contributed by atoms with Gasteiger partial charge in [0.25, 0.3) is 0 Å². The average Bonchev–Trinajstić information content (AvgIpc) is 2.73. The Balaban J connectivity index is 2.00. The fraction of sp³-hybridized carbons (Fsp3) is 0.308. The molecule has 0 unspecified atom stereocenters. The third kappa shape index (κ3) is 1.74. The molecule has 0 N–H and O–H groups in total. The van der Waals surface area contributed by atoms with Gasteiger partial charge in [0.15, 0.2) is 0 Å². The Hall–Kier alpha value is -1.28. The summed E-state index contributed by atoms with van der Waals surface area (Å²) in [6.07, 6.45) is 7.00. The lowest BCUT2D eigenvalue weighted by atomic mass is 9.99. The molecule has 1 aliphatic carbocycles. The lowest BCUT2D eigenvalue weighted by Crippen LogP contribution is -2.00. The molecule has 0 saturated heterocycles. The lowest BCUT2D eigenvalue weighted by molar-refractivity contribution is 0.671. The maximum atomic E-state index is 5.87. The molecule has 0 amide bonds. The van der Waals surface area contributed by atoms with Crippen LogP contribution in [0.1, 0.15) is 24.1 Å². The zero-order chi connectivity index (χ0) is 11.0. The van der Waals surface area contributed by atoms with Crippen molar-refractivity contribution in [1.82, 2.24) is 9.78 Å². The van der Waals surface area contributed by atoms with Crippen LogP contribution in [-0.4, -0.2) is 9.78 Å². The number of hydrogen-bond acceptors (Lipinski definition) is 1. The van der Waals surface area contributed by atoms with Crippen LogP contribution in [0.2, 0.25) is 5.02 Å². The summed E-state index contributed by atoms with van der Waals surface area (Å²) in [5.74, 6) is 0. The van der Waals surface area contributed by atoms with Gasteiger partial charge in [-0.2, -0.15) is 5.10 Å². The lowest BCUT2D eigenvalue weighted by Gasteiger charge is -2.06. The molecule has 1 aliphatic rings. The quantitative estimate of drug-likeness (QED) is 0.737. The van der Waals surface area contributed by atoms with Crippen molar-refractivity contribution in [3.8, 4) is 5.69 Å². The van der Waals surface area contributed by atoms with Gasteiger partial charge in [0, 0.05) is 11.2 Å². The van der Waals surface area contributed by atoms with Gasteiger partial charge in [0.1, 0.15) is 0 Å². The standard InChI is InChI=1S/C13H13ClN2/c14-11-5-7-12(8-6-11)16-9-10-3-1-2-4-13(10)15-16/h5-9H,1-4H2. The number of rotatable bonds is 1. The molecular weight excluding hydrogens is 220 g/mol. The van der Waals surface area contributed by atoms with E-state index in [2.05, 4.69) is 11.3 Å². The molecule has 2 aromatic rings. The highest BCUT2D eigenvalue weighted by molar-refractivity contribution is 6.30. The van der Waals surface area contributed by atoms with Crippen molar-refractivity contribution in [2.75, 3.05) is 0 Å². The molecule has 0 aliphatic heterocycles. The van der Waals surface area contributed by atoms with E-state index in [-0.39, 0.29) is 0 Å². The SMILES string of the molecule is Clc1ccc(-n2cc3c(n2)CCCC3)cc1. The largest absolute Gasteiger partial charge is 0.240 e. The number of nitrogens with zero attached hydrogens (tertiary/aromatic N) is 2. The van der Waals surface area contributed by atoms with Crippen molar-refractivity contribution >= 4 is 11.6 Å². The van der Waals surface area contributed by atoms with E-state index >= 15 is 0 Å². The van der Waals surface area contributed by atoms with E-state index in [1.54, 1.807) is 0 Å². The number of hydrogen-bond donors (Lipinski definition) is 0. The predicted octanol–water partition coefficient (Wildman–Crippen LogP) is 3.40. The molecule has 1 heterocycles. The van der Waals surface area contributed by atoms with Crippen molar-refractivity contribution < 1.29 is 0 Å². The third-order valence-corrected chi connectivity index (χ3v) is 3.33. The minimum Gasteiger partial charge on any atom is -0.240 e. The van der Waals surface area contributed by atoms with E-state index in [0.29, 0.717) is 0 Å². The molecular formula is C13H13ClN2. The van der Waals surface area contributed by atoms with Gasteiger partial charge in [0.2, 0.25) is 0 Å². The Kier molecular flexibility index (Phi) is 2.44. The fourth-order valence-corrected chi connectivity index (χ4v) is 2.32. The molecule has 0 fully saturated rings. The Bertz CT molecular complexity index is 476. The molecule has 0 radical (unpaired) electrons. The van der Waals surface area contributed by atoms with Crippen LogP contribution in [0, 0.1) is 0 Å². The highest BCUT2D eigenvalue weighted by atomic mass is 35.5. The second kappa shape index (κ2) is 3.95. The second-order valence-electron chi connectivity index (χ2n) is 4.23. The zero-order valence-electron chi connectivity index (χ0n) is 8.99. The van der Waals surface area contributed by atoms with Crippen LogP contribution in [0.5, 0.6) is 0 Å². The van der Waals surface area contributed by atoms with Crippen LogP contribution in [0.25, 0.3) is 5.69 Å². The summed E-state index contributed by atoms with van der Waals surface area (Å²) in [6.45, 7) is 0. The Morgan fingerprint density at radius 2 is 1.81 bits per heavy atom. The van der Waals surface area contributed by atoms with Gasteiger partial charge < -0.3 is 0 Å². The maximum absolute atomic E-state index is 5.87. The first-order valence-electron chi connectivity index (χ1n) is 5.66. The van der Waals surface area contributed by atoms with Crippen LogP contribution in [0.4, 0.5) is 0 Å². The van der Waals surface area contributed by atoms with E-state index in [9.17, 15) is 0 Å². The summed E-state index contributed by atoms with van der Waals surface area (Å²) < 4.78 is 1.96. The van der Waals surface area contributed by atoms with E-state index in [1.165, 1.54) is 30.5 Å². The maximum Gasteiger partial charge on any atom is 0.0660 e. The number of halogens is 1. The highest BCUT2D eigenvalue weighted by Gasteiger charge is 2.13. The minimum atomic E-state index is 0.765. The van der Waals surface area contributed by atoms with Crippen LogP contribution >= 0.6 is 11.6 Å². The predicted molar refractivity (Wildman–Crippen MR) is 65.2 cm³/mol. The topological polar surface area (TPSA) is 17.8 Å². The molecule has 1 aromatic heterocycles. The minimum absolute atomic E-state index is 0.765. The summed E-state index contributed by atoms with van der Waals surface area (Å²) in [4.78, 5) is 0. The molecule has 0 saturated carbocycles. The molecule has 0 spiro atoms. The van der Waals surface area contributed by atoms with Gasteiger partial charge in [-0.25, -0.2) is 4.68 Å². The first-order valence-corrected chi connectivity index (χ1v) is 6.04. The first-order chi connectivity index (χ1) is 7.83. The van der Waals surface area contributed by atoms with Gasteiger partial charge in [-0.15, -0.1) is 0 Å². The monoisotopic (exact) mass is 232 g/mol. The number of aryl methyl sites for hydroxylation is 2. The van der Waals surface area contributed by atoms with Crippen molar-refractivity contribution in [1.29, 1.82) is 0 Å². The molecule has 16 heavy (non-hydrogen) atoms. The molecule has 3 rings (SSSR count). The van der Waals surface area contributed by atoms with E-state index in [1.807, 2.05) is 28.9 Å². The smallest absolute Gasteiger partial charge is 0.0660 e. The number of aromatic nitrogens is 2. The van der Waals surface area contributed by atoms with E-state index in [0.717, 1.165) is 17.1 Å². The summed E-state index contributed by atoms with van der Waals surface area (Å²) in [6, 6.07) is 7.80. The molecule has 0 atom stereocenters. The van der Waals surface area contributed by atoms with Crippen molar-refractivity contribution in [2.24, 2.45) is 0 Å². The Morgan fingerprint density at radius 1 is 1.06 bits per heavy atom. The van der Waals surface area contributed by atoms with Gasteiger partial charge in [-0.3, -0.25) is 0 Å². The Labute approximate surface area is 99.9 Å². The zero-order valence-corrected chi connectivity index (χ0v) is 9.74. The Morgan fingerprint density at radius 3 is 2.56 bits per heavy atom. The van der Waals surface area contributed by atoms with Gasteiger partial charge >= 0.3 is 0 Å². The van der Waals surface area contributed by atoms with Gasteiger partial charge in [0.05, 0.1) is 11.4 Å². The number of fused-ring (bicyclic) bond motifs is 1. The summed E-state index contributed by atoms with van der Waals surface area (Å²) in [5.41, 5.74) is 3.75. The van der Waals surface area contributed by atoms with E-state index in [4.69, 9.17) is 11.6 Å². The van der Waals surface area contributed by atoms with Crippen LogP contribution in [-0.2, 0) is 12.8 Å². The normalized spacial score (nSPS) is 14.8. The summed E-state index contributed by atoms with van der Waals surface area (Å²) in [5, 5.41) is 5.39. The van der Waals surface area contributed by atoms with Crippen LogP contribution < -0.4 is 0 Å². The van der Waals surface area contributed by atoms with E-state index < -0.39 is 0 Å². The first kappa shape index (κ1) is 9.91. The van der Waals surface area contributed by atoms with Gasteiger partial charge in [-0.05, 0) is 55.5 Å². The molecule has 3 heteroatoms. The fourth-order valence-electron chi connectivity index (χ4n) is 2.20. The highest BCUT2D eigenvalue weighted by Crippen LogP contribution is 2.21. The molecule has 0 bridgehead atoms. The molecule has 1 aromatic carbocycles. The number of benzene rings is 1. The average molecular weight is 233 g/mol.